The van der Waals surface area contributed by atoms with Crippen LogP contribution in [0.25, 0.3) is 16.9 Å². The molecule has 0 N–H and O–H groups in total. The Labute approximate surface area is 132 Å². The van der Waals surface area contributed by atoms with Crippen LogP contribution >= 0.6 is 15.9 Å². The molecule has 0 amide bonds. The quantitative estimate of drug-likeness (QED) is 0.655. The number of methoxy groups -OCH3 is 1. The van der Waals surface area contributed by atoms with Crippen LogP contribution in [-0.2, 0) is 5.33 Å². The molecule has 3 aromatic rings. The summed E-state index contributed by atoms with van der Waals surface area (Å²) in [5.41, 5.74) is 4.05. The highest BCUT2D eigenvalue weighted by Crippen LogP contribution is 2.30. The summed E-state index contributed by atoms with van der Waals surface area (Å²) < 4.78 is 7.38. The maximum atomic E-state index is 5.43. The number of alkyl halides is 1. The number of benzene rings is 2. The lowest BCUT2D eigenvalue weighted by atomic mass is 10.1. The molecule has 4 heteroatoms. The monoisotopic (exact) mass is 342 g/mol. The number of hydrogen-bond donors (Lipinski definition) is 0. The van der Waals surface area contributed by atoms with Gasteiger partial charge in [-0.25, -0.2) is 4.68 Å². The second-order valence-electron chi connectivity index (χ2n) is 4.60. The van der Waals surface area contributed by atoms with E-state index in [2.05, 4.69) is 22.0 Å². The van der Waals surface area contributed by atoms with Crippen LogP contribution in [0, 0.1) is 0 Å². The fourth-order valence-corrected chi connectivity index (χ4v) is 2.69. The average molecular weight is 343 g/mol. The van der Waals surface area contributed by atoms with Gasteiger partial charge in [-0.2, -0.15) is 5.10 Å². The Kier molecular flexibility index (Phi) is 4.06. The summed E-state index contributed by atoms with van der Waals surface area (Å²) >= 11 is 3.54. The van der Waals surface area contributed by atoms with E-state index in [1.807, 2.05) is 59.3 Å². The number of para-hydroxylation sites is 2. The number of hydrogen-bond acceptors (Lipinski definition) is 2. The van der Waals surface area contributed by atoms with Crippen molar-refractivity contribution in [3.63, 3.8) is 0 Å². The number of aromatic nitrogens is 2. The highest BCUT2D eigenvalue weighted by atomic mass is 79.9. The molecule has 0 bridgehead atoms. The summed E-state index contributed by atoms with van der Waals surface area (Å²) in [6.45, 7) is 0. The number of ether oxygens (including phenoxy) is 1. The smallest absolute Gasteiger partial charge is 0.128 e. The van der Waals surface area contributed by atoms with Crippen LogP contribution in [0.3, 0.4) is 0 Å². The van der Waals surface area contributed by atoms with Gasteiger partial charge in [-0.1, -0.05) is 46.3 Å². The molecule has 0 atom stereocenters. The molecule has 0 radical (unpaired) electrons. The van der Waals surface area contributed by atoms with Crippen molar-refractivity contribution in [2.75, 3.05) is 7.11 Å². The van der Waals surface area contributed by atoms with E-state index in [9.17, 15) is 0 Å². The minimum absolute atomic E-state index is 0.740. The summed E-state index contributed by atoms with van der Waals surface area (Å²) in [6, 6.07) is 20.1. The van der Waals surface area contributed by atoms with Crippen LogP contribution in [0.15, 0.2) is 60.7 Å². The van der Waals surface area contributed by atoms with Crippen molar-refractivity contribution in [2.45, 2.75) is 5.33 Å². The first-order valence-electron chi connectivity index (χ1n) is 6.67. The van der Waals surface area contributed by atoms with Crippen molar-refractivity contribution in [3.05, 3.63) is 66.4 Å². The number of nitrogens with zero attached hydrogens (tertiary/aromatic N) is 2. The second kappa shape index (κ2) is 6.14. The Bertz CT molecular complexity index is 738. The zero-order valence-corrected chi connectivity index (χ0v) is 13.2. The van der Waals surface area contributed by atoms with Gasteiger partial charge in [0.05, 0.1) is 24.2 Å². The minimum Gasteiger partial charge on any atom is -0.496 e. The fraction of sp³-hybridized carbons (Fsp3) is 0.118. The fourth-order valence-electron chi connectivity index (χ4n) is 2.30. The first kappa shape index (κ1) is 13.9. The van der Waals surface area contributed by atoms with E-state index in [0.717, 1.165) is 33.7 Å². The first-order valence-corrected chi connectivity index (χ1v) is 7.79. The Balaban J connectivity index is 2.12. The summed E-state index contributed by atoms with van der Waals surface area (Å²) in [5, 5.41) is 5.48. The van der Waals surface area contributed by atoms with Gasteiger partial charge in [-0.15, -0.1) is 0 Å². The van der Waals surface area contributed by atoms with Crippen molar-refractivity contribution < 1.29 is 4.74 Å². The molecular formula is C17H15BrN2O. The summed E-state index contributed by atoms with van der Waals surface area (Å²) in [7, 11) is 1.68. The molecular weight excluding hydrogens is 328 g/mol. The molecule has 0 unspecified atom stereocenters. The lowest BCUT2D eigenvalue weighted by Crippen LogP contribution is -2.00. The molecule has 3 rings (SSSR count). The van der Waals surface area contributed by atoms with Crippen molar-refractivity contribution >= 4 is 15.9 Å². The van der Waals surface area contributed by atoms with Gasteiger partial charge < -0.3 is 4.74 Å². The Hall–Kier alpha value is -2.07. The minimum atomic E-state index is 0.740. The summed E-state index contributed by atoms with van der Waals surface area (Å²) in [4.78, 5) is 0. The Morgan fingerprint density at radius 2 is 1.76 bits per heavy atom. The molecule has 2 aromatic carbocycles. The zero-order valence-electron chi connectivity index (χ0n) is 11.7. The lowest BCUT2D eigenvalue weighted by Gasteiger charge is -2.06. The van der Waals surface area contributed by atoms with Crippen LogP contribution in [0.4, 0.5) is 0 Å². The highest BCUT2D eigenvalue weighted by Gasteiger charge is 2.13. The van der Waals surface area contributed by atoms with Crippen molar-refractivity contribution in [3.8, 4) is 22.7 Å². The Morgan fingerprint density at radius 3 is 2.48 bits per heavy atom. The molecule has 0 aliphatic heterocycles. The van der Waals surface area contributed by atoms with Gasteiger partial charge in [0, 0.05) is 10.9 Å². The maximum absolute atomic E-state index is 5.43. The van der Waals surface area contributed by atoms with Crippen molar-refractivity contribution in [1.82, 2.24) is 9.78 Å². The van der Waals surface area contributed by atoms with Crippen molar-refractivity contribution in [1.29, 1.82) is 0 Å². The van der Waals surface area contributed by atoms with Gasteiger partial charge in [-0.05, 0) is 30.3 Å². The third-order valence-electron chi connectivity index (χ3n) is 3.30. The van der Waals surface area contributed by atoms with E-state index < -0.39 is 0 Å². The molecule has 0 saturated carbocycles. The normalized spacial score (nSPS) is 10.6. The van der Waals surface area contributed by atoms with Gasteiger partial charge in [-0.3, -0.25) is 0 Å². The average Bonchev–Trinajstić information content (AvgIpc) is 2.99. The van der Waals surface area contributed by atoms with E-state index >= 15 is 0 Å². The van der Waals surface area contributed by atoms with Crippen LogP contribution in [0.1, 0.15) is 5.69 Å². The summed E-state index contributed by atoms with van der Waals surface area (Å²) in [6.07, 6.45) is 0. The van der Waals surface area contributed by atoms with Crippen LogP contribution < -0.4 is 4.74 Å². The topological polar surface area (TPSA) is 27.1 Å². The van der Waals surface area contributed by atoms with E-state index in [1.165, 1.54) is 0 Å². The van der Waals surface area contributed by atoms with Crippen LogP contribution in [-0.4, -0.2) is 16.9 Å². The first-order chi connectivity index (χ1) is 10.3. The molecule has 0 spiro atoms. The molecule has 0 aliphatic carbocycles. The molecule has 106 valence electrons. The molecule has 0 aliphatic rings. The predicted molar refractivity (Wildman–Crippen MR) is 88.2 cm³/mol. The van der Waals surface area contributed by atoms with Gasteiger partial charge in [0.1, 0.15) is 5.75 Å². The SMILES string of the molecule is COc1ccccc1-c1cc(CBr)n(-c2ccccc2)n1. The van der Waals surface area contributed by atoms with E-state index in [-0.39, 0.29) is 0 Å². The molecule has 1 heterocycles. The molecule has 0 saturated heterocycles. The Morgan fingerprint density at radius 1 is 1.05 bits per heavy atom. The van der Waals surface area contributed by atoms with Gasteiger partial charge in [0.15, 0.2) is 0 Å². The third-order valence-corrected chi connectivity index (χ3v) is 3.88. The van der Waals surface area contributed by atoms with E-state index in [4.69, 9.17) is 9.84 Å². The van der Waals surface area contributed by atoms with Gasteiger partial charge >= 0.3 is 0 Å². The second-order valence-corrected chi connectivity index (χ2v) is 5.16. The highest BCUT2D eigenvalue weighted by molar-refractivity contribution is 9.08. The molecule has 3 nitrogen and oxygen atoms in total. The van der Waals surface area contributed by atoms with E-state index in [0.29, 0.717) is 0 Å². The third kappa shape index (κ3) is 2.72. The molecule has 21 heavy (non-hydrogen) atoms. The van der Waals surface area contributed by atoms with Crippen molar-refractivity contribution in [2.24, 2.45) is 0 Å². The predicted octanol–water partition coefficient (Wildman–Crippen LogP) is 4.44. The molecule has 0 fully saturated rings. The van der Waals surface area contributed by atoms with Crippen LogP contribution in [0.2, 0.25) is 0 Å². The largest absolute Gasteiger partial charge is 0.496 e. The maximum Gasteiger partial charge on any atom is 0.128 e. The van der Waals surface area contributed by atoms with Gasteiger partial charge in [0.2, 0.25) is 0 Å². The lowest BCUT2D eigenvalue weighted by molar-refractivity contribution is 0.416. The van der Waals surface area contributed by atoms with E-state index in [1.54, 1.807) is 7.11 Å². The number of halogens is 1. The number of rotatable bonds is 4. The zero-order chi connectivity index (χ0) is 14.7. The molecule has 1 aromatic heterocycles. The van der Waals surface area contributed by atoms with Crippen LogP contribution in [0.5, 0.6) is 5.75 Å². The summed E-state index contributed by atoms with van der Waals surface area (Å²) in [5.74, 6) is 0.830. The van der Waals surface area contributed by atoms with Gasteiger partial charge in [0.25, 0.3) is 0 Å². The standard InChI is InChI=1S/C17H15BrN2O/c1-21-17-10-6-5-9-15(17)16-11-14(12-18)20(19-16)13-7-3-2-4-8-13/h2-11H,12H2,1H3.